The van der Waals surface area contributed by atoms with Gasteiger partial charge in [0.25, 0.3) is 5.91 Å². The number of piperazine rings is 1. The Hall–Kier alpha value is -2.46. The summed E-state index contributed by atoms with van der Waals surface area (Å²) in [5, 5.41) is 11.8. The first-order chi connectivity index (χ1) is 13.0. The van der Waals surface area contributed by atoms with Gasteiger partial charge >= 0.3 is 6.09 Å². The molecule has 27 heavy (non-hydrogen) atoms. The van der Waals surface area contributed by atoms with E-state index in [1.54, 1.807) is 4.90 Å². The van der Waals surface area contributed by atoms with Crippen LogP contribution in [0, 0.1) is 0 Å². The fraction of sp³-hybridized carbons (Fsp3) is 0.294. The van der Waals surface area contributed by atoms with Crippen LogP contribution in [-0.4, -0.2) is 70.5 Å². The molecule has 1 saturated heterocycles. The van der Waals surface area contributed by atoms with Crippen LogP contribution in [0.5, 0.6) is 0 Å². The van der Waals surface area contributed by atoms with Gasteiger partial charge in [0.05, 0.1) is 16.0 Å². The molecule has 1 fully saturated rings. The lowest BCUT2D eigenvalue weighted by Crippen LogP contribution is -2.52. The fourth-order valence-electron chi connectivity index (χ4n) is 2.66. The Morgan fingerprint density at radius 3 is 2.37 bits per heavy atom. The lowest BCUT2D eigenvalue weighted by Gasteiger charge is -2.33. The highest BCUT2D eigenvalue weighted by molar-refractivity contribution is 9.11. The predicted molar refractivity (Wildman–Crippen MR) is 104 cm³/mol. The molecular formula is C17H17BrN4O4S. The number of hydrogen-bond acceptors (Lipinski definition) is 5. The molecule has 0 aliphatic carbocycles. The summed E-state index contributed by atoms with van der Waals surface area (Å²) >= 11 is 4.64. The van der Waals surface area contributed by atoms with Gasteiger partial charge in [-0.1, -0.05) is 30.3 Å². The number of halogens is 1. The van der Waals surface area contributed by atoms with Gasteiger partial charge in [0.15, 0.2) is 5.01 Å². The standard InChI is InChI=1S/C17H17BrN4O4S/c18-14-13(11-4-2-1-3-5-11)20-16(27-14)15(24)19-10-12(23)21-6-8-22(9-7-21)17(25)26/h1-5H,6-10H2,(H,19,24)(H,25,26). The summed E-state index contributed by atoms with van der Waals surface area (Å²) in [5.41, 5.74) is 1.58. The van der Waals surface area contributed by atoms with Crippen molar-refractivity contribution in [1.29, 1.82) is 0 Å². The summed E-state index contributed by atoms with van der Waals surface area (Å²) in [5.74, 6) is -0.660. The molecule has 0 saturated carbocycles. The van der Waals surface area contributed by atoms with Crippen molar-refractivity contribution in [3.8, 4) is 11.3 Å². The number of carbonyl (C=O) groups is 3. The van der Waals surface area contributed by atoms with E-state index in [0.717, 1.165) is 9.35 Å². The minimum absolute atomic E-state index is 0.149. The monoisotopic (exact) mass is 452 g/mol. The van der Waals surface area contributed by atoms with E-state index in [1.165, 1.54) is 16.2 Å². The number of rotatable bonds is 4. The summed E-state index contributed by atoms with van der Waals surface area (Å²) < 4.78 is 0.745. The second-order valence-corrected chi connectivity index (χ2v) is 8.16. The average Bonchev–Trinajstić information content (AvgIpc) is 3.08. The normalized spacial score (nSPS) is 14.1. The molecule has 0 unspecified atom stereocenters. The van der Waals surface area contributed by atoms with Crippen LogP contribution in [0.4, 0.5) is 4.79 Å². The van der Waals surface area contributed by atoms with Gasteiger partial charge in [0.1, 0.15) is 0 Å². The number of amides is 3. The lowest BCUT2D eigenvalue weighted by atomic mass is 10.2. The average molecular weight is 453 g/mol. The molecule has 2 aromatic rings. The molecule has 2 N–H and O–H groups in total. The number of hydrogen-bond donors (Lipinski definition) is 2. The maximum atomic E-state index is 12.3. The van der Waals surface area contributed by atoms with E-state index in [9.17, 15) is 14.4 Å². The van der Waals surface area contributed by atoms with Gasteiger partial charge < -0.3 is 20.2 Å². The van der Waals surface area contributed by atoms with Crippen molar-refractivity contribution in [1.82, 2.24) is 20.1 Å². The fourth-order valence-corrected chi connectivity index (χ4v) is 4.17. The molecule has 8 nitrogen and oxygen atoms in total. The number of nitrogens with one attached hydrogen (secondary N) is 1. The molecule has 2 heterocycles. The Kier molecular flexibility index (Phi) is 6.07. The molecule has 142 valence electrons. The summed E-state index contributed by atoms with van der Waals surface area (Å²) in [6.45, 7) is 1.04. The second-order valence-electron chi connectivity index (χ2n) is 5.84. The first kappa shape index (κ1) is 19.3. The van der Waals surface area contributed by atoms with E-state index >= 15 is 0 Å². The van der Waals surface area contributed by atoms with Crippen LogP contribution in [0.1, 0.15) is 9.80 Å². The van der Waals surface area contributed by atoms with Crippen LogP contribution >= 0.6 is 27.3 Å². The second kappa shape index (κ2) is 8.49. The zero-order valence-corrected chi connectivity index (χ0v) is 16.6. The summed E-state index contributed by atoms with van der Waals surface area (Å²) in [4.78, 5) is 42.6. The van der Waals surface area contributed by atoms with E-state index in [-0.39, 0.29) is 30.5 Å². The van der Waals surface area contributed by atoms with Gasteiger partial charge in [-0.05, 0) is 15.9 Å². The van der Waals surface area contributed by atoms with Crippen molar-refractivity contribution < 1.29 is 19.5 Å². The summed E-state index contributed by atoms with van der Waals surface area (Å²) in [7, 11) is 0. The van der Waals surface area contributed by atoms with E-state index < -0.39 is 12.0 Å². The maximum Gasteiger partial charge on any atom is 0.407 e. The molecule has 1 aromatic heterocycles. The zero-order valence-electron chi connectivity index (χ0n) is 14.2. The topological polar surface area (TPSA) is 103 Å². The Labute approximate surface area is 167 Å². The molecule has 3 rings (SSSR count). The first-order valence-corrected chi connectivity index (χ1v) is 9.82. The molecule has 0 spiro atoms. The highest BCUT2D eigenvalue weighted by Crippen LogP contribution is 2.32. The largest absolute Gasteiger partial charge is 0.465 e. The quantitative estimate of drug-likeness (QED) is 0.739. The summed E-state index contributed by atoms with van der Waals surface area (Å²) in [6, 6.07) is 9.50. The van der Waals surface area contributed by atoms with Crippen LogP contribution in [0.15, 0.2) is 34.1 Å². The minimum Gasteiger partial charge on any atom is -0.465 e. The maximum absolute atomic E-state index is 12.3. The number of benzene rings is 1. The number of thiazole rings is 1. The van der Waals surface area contributed by atoms with Crippen molar-refractivity contribution in [3.05, 3.63) is 39.1 Å². The van der Waals surface area contributed by atoms with Crippen molar-refractivity contribution in [2.45, 2.75) is 0 Å². The molecular weight excluding hydrogens is 436 g/mol. The van der Waals surface area contributed by atoms with Crippen LogP contribution < -0.4 is 5.32 Å². The van der Waals surface area contributed by atoms with Gasteiger partial charge in [0.2, 0.25) is 5.91 Å². The van der Waals surface area contributed by atoms with E-state index in [4.69, 9.17) is 5.11 Å². The van der Waals surface area contributed by atoms with Crippen molar-refractivity contribution in [2.24, 2.45) is 0 Å². The van der Waals surface area contributed by atoms with Crippen molar-refractivity contribution in [3.63, 3.8) is 0 Å². The molecule has 1 aliphatic rings. The Morgan fingerprint density at radius 2 is 1.74 bits per heavy atom. The van der Waals surface area contributed by atoms with Crippen LogP contribution in [0.2, 0.25) is 0 Å². The molecule has 0 radical (unpaired) electrons. The van der Waals surface area contributed by atoms with Crippen LogP contribution in [0.3, 0.4) is 0 Å². The lowest BCUT2D eigenvalue weighted by molar-refractivity contribution is -0.131. The Balaban J connectivity index is 1.55. The molecule has 1 aromatic carbocycles. The predicted octanol–water partition coefficient (Wildman–Crippen LogP) is 2.12. The van der Waals surface area contributed by atoms with Gasteiger partial charge in [-0.15, -0.1) is 11.3 Å². The Bertz CT molecular complexity index is 850. The van der Waals surface area contributed by atoms with E-state index in [2.05, 4.69) is 26.2 Å². The highest BCUT2D eigenvalue weighted by atomic mass is 79.9. The van der Waals surface area contributed by atoms with Gasteiger partial charge in [-0.3, -0.25) is 9.59 Å². The molecule has 0 bridgehead atoms. The third kappa shape index (κ3) is 4.64. The minimum atomic E-state index is -0.987. The third-order valence-corrected chi connectivity index (χ3v) is 5.83. The molecule has 10 heteroatoms. The number of nitrogens with zero attached hydrogens (tertiary/aromatic N) is 3. The number of carboxylic acid groups (broad SMARTS) is 1. The van der Waals surface area contributed by atoms with E-state index in [0.29, 0.717) is 18.8 Å². The molecule has 3 amide bonds. The highest BCUT2D eigenvalue weighted by Gasteiger charge is 2.24. The number of aromatic nitrogens is 1. The van der Waals surface area contributed by atoms with Gasteiger partial charge in [-0.25, -0.2) is 9.78 Å². The van der Waals surface area contributed by atoms with E-state index in [1.807, 2.05) is 30.3 Å². The Morgan fingerprint density at radius 1 is 1.11 bits per heavy atom. The van der Waals surface area contributed by atoms with Crippen LogP contribution in [-0.2, 0) is 4.79 Å². The summed E-state index contributed by atoms with van der Waals surface area (Å²) in [6.07, 6.45) is -0.987. The third-order valence-electron chi connectivity index (χ3n) is 4.13. The number of carbonyl (C=O) groups excluding carboxylic acids is 2. The van der Waals surface area contributed by atoms with Crippen molar-refractivity contribution in [2.75, 3.05) is 32.7 Å². The smallest absolute Gasteiger partial charge is 0.407 e. The first-order valence-electron chi connectivity index (χ1n) is 8.21. The SMILES string of the molecule is O=C(NCC(=O)N1CCN(C(=O)O)CC1)c1nc(-c2ccccc2)c(Br)s1. The zero-order chi connectivity index (χ0) is 19.4. The molecule has 1 aliphatic heterocycles. The van der Waals surface area contributed by atoms with Gasteiger partial charge in [0, 0.05) is 31.7 Å². The molecule has 0 atom stereocenters. The van der Waals surface area contributed by atoms with Crippen molar-refractivity contribution >= 4 is 45.2 Å². The van der Waals surface area contributed by atoms with Gasteiger partial charge in [-0.2, -0.15) is 0 Å². The van der Waals surface area contributed by atoms with Crippen LogP contribution in [0.25, 0.3) is 11.3 Å².